The van der Waals surface area contributed by atoms with Gasteiger partial charge in [0.25, 0.3) is 0 Å². The van der Waals surface area contributed by atoms with Gasteiger partial charge in [-0.1, -0.05) is 0 Å². The molecule has 0 atom stereocenters. The van der Waals surface area contributed by atoms with Crippen molar-refractivity contribution in [3.8, 4) is 5.75 Å². The Morgan fingerprint density at radius 3 is 2.39 bits per heavy atom. The lowest BCUT2D eigenvalue weighted by Crippen LogP contribution is -2.27. The Morgan fingerprint density at radius 1 is 1.28 bits per heavy atom. The molecule has 0 heterocycles. The largest absolute Gasteiger partial charge is 0.491 e. The van der Waals surface area contributed by atoms with Crippen LogP contribution in [-0.4, -0.2) is 25.0 Å². The third-order valence-corrected chi connectivity index (χ3v) is 1.85. The van der Waals surface area contributed by atoms with E-state index >= 15 is 0 Å². The summed E-state index contributed by atoms with van der Waals surface area (Å²) in [5.41, 5.74) is 0.0608. The van der Waals surface area contributed by atoms with Gasteiger partial charge in [0.15, 0.2) is 0 Å². The van der Waals surface area contributed by atoms with Crippen LogP contribution in [0.4, 0.5) is 14.9 Å². The average Bonchev–Trinajstić information content (AvgIpc) is 2.25. The summed E-state index contributed by atoms with van der Waals surface area (Å²) in [7, 11) is 0. The molecule has 0 bridgehead atoms. The van der Waals surface area contributed by atoms with E-state index in [2.05, 4.69) is 5.32 Å². The fourth-order valence-electron chi connectivity index (χ4n) is 1.21. The summed E-state index contributed by atoms with van der Waals surface area (Å²) in [5, 5.41) is 2.59. The predicted molar refractivity (Wildman–Crippen MR) is 67.8 cm³/mol. The van der Waals surface area contributed by atoms with Crippen molar-refractivity contribution in [1.29, 1.82) is 0 Å². The second kappa shape index (κ2) is 6.23. The zero-order valence-corrected chi connectivity index (χ0v) is 10.8. The van der Waals surface area contributed by atoms with Gasteiger partial charge in [0, 0.05) is 5.69 Å². The van der Waals surface area contributed by atoms with E-state index in [1.54, 1.807) is 45.0 Å². The van der Waals surface area contributed by atoms with Gasteiger partial charge >= 0.3 is 6.09 Å². The number of carbonyl (C=O) groups is 1. The summed E-state index contributed by atoms with van der Waals surface area (Å²) in [6.45, 7) is 4.87. The first-order valence-corrected chi connectivity index (χ1v) is 5.69. The first-order chi connectivity index (χ1) is 8.40. The number of hydrogen-bond acceptors (Lipinski definition) is 3. The van der Waals surface area contributed by atoms with Gasteiger partial charge in [0.05, 0.1) is 0 Å². The third-order valence-electron chi connectivity index (χ3n) is 1.85. The van der Waals surface area contributed by atoms with Crippen molar-refractivity contribution in [2.24, 2.45) is 0 Å². The Bertz CT molecular complexity index is 384. The molecule has 1 N–H and O–H groups in total. The highest BCUT2D eigenvalue weighted by molar-refractivity contribution is 5.84. The Hall–Kier alpha value is -1.78. The van der Waals surface area contributed by atoms with E-state index < -0.39 is 18.4 Å². The lowest BCUT2D eigenvalue weighted by molar-refractivity contribution is 0.0636. The minimum atomic E-state index is -0.533. The molecule has 1 aromatic carbocycles. The van der Waals surface area contributed by atoms with Crippen LogP contribution in [-0.2, 0) is 4.74 Å². The molecule has 100 valence electrons. The molecule has 0 aliphatic heterocycles. The molecule has 18 heavy (non-hydrogen) atoms. The van der Waals surface area contributed by atoms with E-state index in [9.17, 15) is 9.18 Å². The number of hydrogen-bond donors (Lipinski definition) is 1. The number of halogens is 1. The summed E-state index contributed by atoms with van der Waals surface area (Å²) in [4.78, 5) is 11.5. The van der Waals surface area contributed by atoms with Gasteiger partial charge in [0.1, 0.15) is 24.6 Å². The zero-order chi connectivity index (χ0) is 13.6. The van der Waals surface area contributed by atoms with Gasteiger partial charge < -0.3 is 9.47 Å². The van der Waals surface area contributed by atoms with Crippen LogP contribution in [0.5, 0.6) is 5.75 Å². The van der Waals surface area contributed by atoms with Crippen LogP contribution < -0.4 is 10.1 Å². The van der Waals surface area contributed by atoms with E-state index in [0.717, 1.165) is 0 Å². The standard InChI is InChI=1S/C13H18FNO3/c1-13(2,3)18-12(16)15-10-4-6-11(7-5-10)17-9-8-14/h4-7H,8-9H2,1-3H3,(H,15,16). The van der Waals surface area contributed by atoms with Crippen LogP contribution in [0.1, 0.15) is 20.8 Å². The molecule has 1 amide bonds. The second-order valence-corrected chi connectivity index (χ2v) is 4.69. The molecule has 5 heteroatoms. The van der Waals surface area contributed by atoms with Gasteiger partial charge in [-0.25, -0.2) is 9.18 Å². The molecule has 0 saturated carbocycles. The SMILES string of the molecule is CC(C)(C)OC(=O)Nc1ccc(OCCF)cc1. The Labute approximate surface area is 106 Å². The monoisotopic (exact) mass is 255 g/mol. The van der Waals surface area contributed by atoms with Crippen LogP contribution in [0.3, 0.4) is 0 Å². The van der Waals surface area contributed by atoms with Gasteiger partial charge in [-0.2, -0.15) is 0 Å². The van der Waals surface area contributed by atoms with Crippen molar-refractivity contribution in [3.63, 3.8) is 0 Å². The van der Waals surface area contributed by atoms with Crippen molar-refractivity contribution in [3.05, 3.63) is 24.3 Å². The fraction of sp³-hybridized carbons (Fsp3) is 0.462. The first-order valence-electron chi connectivity index (χ1n) is 5.69. The molecule has 0 fully saturated rings. The third kappa shape index (κ3) is 5.52. The maximum absolute atomic E-state index is 11.9. The van der Waals surface area contributed by atoms with Crippen molar-refractivity contribution >= 4 is 11.8 Å². The van der Waals surface area contributed by atoms with Crippen LogP contribution in [0.2, 0.25) is 0 Å². The fourth-order valence-corrected chi connectivity index (χ4v) is 1.21. The van der Waals surface area contributed by atoms with Crippen LogP contribution in [0, 0.1) is 0 Å². The van der Waals surface area contributed by atoms with E-state index in [-0.39, 0.29) is 6.61 Å². The molecular weight excluding hydrogens is 237 g/mol. The van der Waals surface area contributed by atoms with Gasteiger partial charge in [-0.05, 0) is 45.0 Å². The molecule has 0 radical (unpaired) electrons. The van der Waals surface area contributed by atoms with Crippen molar-refractivity contribution in [2.75, 3.05) is 18.6 Å². The molecule has 0 aliphatic carbocycles. The normalized spacial score (nSPS) is 10.9. The van der Waals surface area contributed by atoms with Gasteiger partial charge in [-0.15, -0.1) is 0 Å². The predicted octanol–water partition coefficient (Wildman–Crippen LogP) is 3.38. The molecule has 1 aromatic rings. The quantitative estimate of drug-likeness (QED) is 0.897. The number of nitrogens with one attached hydrogen (secondary N) is 1. The number of anilines is 1. The Morgan fingerprint density at radius 2 is 1.89 bits per heavy atom. The maximum atomic E-state index is 11.9. The maximum Gasteiger partial charge on any atom is 0.412 e. The lowest BCUT2D eigenvalue weighted by Gasteiger charge is -2.19. The first kappa shape index (κ1) is 14.3. The topological polar surface area (TPSA) is 47.6 Å². The van der Waals surface area contributed by atoms with E-state index in [0.29, 0.717) is 11.4 Å². The number of carbonyl (C=O) groups excluding carboxylic acids is 1. The Kier molecular flexibility index (Phi) is 4.95. The van der Waals surface area contributed by atoms with E-state index in [4.69, 9.17) is 9.47 Å². The van der Waals surface area contributed by atoms with E-state index in [1.807, 2.05) is 0 Å². The van der Waals surface area contributed by atoms with Crippen LogP contribution in [0.15, 0.2) is 24.3 Å². The Balaban J connectivity index is 2.50. The molecule has 0 unspecified atom stereocenters. The van der Waals surface area contributed by atoms with Gasteiger partial charge in [-0.3, -0.25) is 5.32 Å². The highest BCUT2D eigenvalue weighted by Crippen LogP contribution is 2.16. The van der Waals surface area contributed by atoms with Crippen molar-refractivity contribution in [2.45, 2.75) is 26.4 Å². The van der Waals surface area contributed by atoms with Crippen LogP contribution in [0.25, 0.3) is 0 Å². The van der Waals surface area contributed by atoms with Crippen molar-refractivity contribution in [1.82, 2.24) is 0 Å². The number of alkyl halides is 1. The minimum absolute atomic E-state index is 0.0266. The molecule has 0 saturated heterocycles. The summed E-state index contributed by atoms with van der Waals surface area (Å²) < 4.78 is 22.1. The number of ether oxygens (including phenoxy) is 2. The van der Waals surface area contributed by atoms with E-state index in [1.165, 1.54) is 0 Å². The molecule has 0 spiro atoms. The van der Waals surface area contributed by atoms with Gasteiger partial charge in [0.2, 0.25) is 0 Å². The molecule has 4 nitrogen and oxygen atoms in total. The van der Waals surface area contributed by atoms with Crippen LogP contribution >= 0.6 is 0 Å². The average molecular weight is 255 g/mol. The lowest BCUT2D eigenvalue weighted by atomic mass is 10.2. The highest BCUT2D eigenvalue weighted by Gasteiger charge is 2.15. The second-order valence-electron chi connectivity index (χ2n) is 4.69. The summed E-state index contributed by atoms with van der Waals surface area (Å²) in [5.74, 6) is 0.558. The van der Waals surface area contributed by atoms with Crippen molar-refractivity contribution < 1.29 is 18.7 Å². The smallest absolute Gasteiger partial charge is 0.412 e. The molecule has 1 rings (SSSR count). The summed E-state index contributed by atoms with van der Waals surface area (Å²) >= 11 is 0. The highest BCUT2D eigenvalue weighted by atomic mass is 19.1. The summed E-state index contributed by atoms with van der Waals surface area (Å²) in [6.07, 6.45) is -0.514. The number of benzene rings is 1. The molecule has 0 aromatic heterocycles. The number of amides is 1. The summed E-state index contributed by atoms with van der Waals surface area (Å²) in [6, 6.07) is 6.64. The molecule has 0 aliphatic rings. The zero-order valence-electron chi connectivity index (χ0n) is 10.8. The minimum Gasteiger partial charge on any atom is -0.491 e. The molecular formula is C13H18FNO3. The number of rotatable bonds is 4.